The Morgan fingerprint density at radius 3 is 2.52 bits per heavy atom. The largest absolute Gasteiger partial charge is 0.389 e. The maximum absolute atomic E-state index is 12.7. The van der Waals surface area contributed by atoms with Crippen molar-refractivity contribution in [3.05, 3.63) is 57.4 Å². The number of aryl methyl sites for hydroxylation is 2. The number of benzene rings is 1. The zero-order valence-corrected chi connectivity index (χ0v) is 13.0. The van der Waals surface area contributed by atoms with E-state index in [1.165, 1.54) is 11.1 Å². The summed E-state index contributed by atoms with van der Waals surface area (Å²) >= 11 is 4.98. The second-order valence-corrected chi connectivity index (χ2v) is 6.16. The van der Waals surface area contributed by atoms with Crippen molar-refractivity contribution in [2.45, 2.75) is 32.7 Å². The molecule has 0 spiro atoms. The Kier molecular flexibility index (Phi) is 3.41. The Labute approximate surface area is 129 Å². The summed E-state index contributed by atoms with van der Waals surface area (Å²) in [6, 6.07) is 10.3. The van der Waals surface area contributed by atoms with Gasteiger partial charge in [0.05, 0.1) is 11.3 Å². The van der Waals surface area contributed by atoms with Crippen LogP contribution in [0.1, 0.15) is 35.6 Å². The molecule has 1 saturated carbocycles. The van der Waals surface area contributed by atoms with E-state index in [-0.39, 0.29) is 16.6 Å². The lowest BCUT2D eigenvalue weighted by atomic mass is 10.0. The third-order valence-corrected chi connectivity index (χ3v) is 4.17. The molecule has 1 aromatic heterocycles. The van der Waals surface area contributed by atoms with Crippen molar-refractivity contribution < 1.29 is 0 Å². The van der Waals surface area contributed by atoms with Gasteiger partial charge in [0.25, 0.3) is 5.56 Å². The molecule has 0 radical (unpaired) electrons. The molecular weight excluding hydrogens is 280 g/mol. The third-order valence-electron chi connectivity index (χ3n) is 3.95. The molecule has 108 valence electrons. The van der Waals surface area contributed by atoms with Gasteiger partial charge in [-0.25, -0.2) is 0 Å². The van der Waals surface area contributed by atoms with Crippen LogP contribution in [0.3, 0.4) is 0 Å². The molecule has 0 unspecified atom stereocenters. The Bertz CT molecular complexity index is 788. The van der Waals surface area contributed by atoms with E-state index in [1.54, 1.807) is 6.07 Å². The number of rotatable bonds is 3. The number of aromatic nitrogens is 1. The molecule has 0 aliphatic heterocycles. The molecule has 3 rings (SSSR count). The lowest BCUT2D eigenvalue weighted by Gasteiger charge is -2.16. The van der Waals surface area contributed by atoms with Crippen molar-refractivity contribution in [1.82, 2.24) is 4.57 Å². The minimum Gasteiger partial charge on any atom is -0.389 e. The molecule has 0 amide bonds. The fourth-order valence-electron chi connectivity index (χ4n) is 2.76. The van der Waals surface area contributed by atoms with Gasteiger partial charge in [-0.15, -0.1) is 0 Å². The van der Waals surface area contributed by atoms with Crippen LogP contribution in [0.2, 0.25) is 0 Å². The van der Waals surface area contributed by atoms with Gasteiger partial charge >= 0.3 is 0 Å². The van der Waals surface area contributed by atoms with Gasteiger partial charge in [-0.3, -0.25) is 4.79 Å². The summed E-state index contributed by atoms with van der Waals surface area (Å²) < 4.78 is 1.87. The van der Waals surface area contributed by atoms with Crippen LogP contribution in [0.25, 0.3) is 11.3 Å². The number of hydrogen-bond acceptors (Lipinski definition) is 2. The minimum absolute atomic E-state index is 0.0672. The first kappa shape index (κ1) is 14.0. The number of hydrogen-bond donors (Lipinski definition) is 1. The molecule has 21 heavy (non-hydrogen) atoms. The molecule has 0 saturated heterocycles. The van der Waals surface area contributed by atoms with Gasteiger partial charge in [0.15, 0.2) is 0 Å². The van der Waals surface area contributed by atoms with Crippen molar-refractivity contribution in [2.75, 3.05) is 0 Å². The van der Waals surface area contributed by atoms with Gasteiger partial charge in [0.2, 0.25) is 0 Å². The molecule has 1 aliphatic carbocycles. The van der Waals surface area contributed by atoms with E-state index < -0.39 is 0 Å². The normalized spacial score (nSPS) is 14.2. The second-order valence-electron chi connectivity index (χ2n) is 5.72. The molecule has 4 heteroatoms. The Hall–Kier alpha value is -1.94. The Morgan fingerprint density at radius 1 is 1.24 bits per heavy atom. The summed E-state index contributed by atoms with van der Waals surface area (Å²) in [4.78, 5) is 12.8. The maximum Gasteiger partial charge on any atom is 0.261 e. The van der Waals surface area contributed by atoms with Crippen molar-refractivity contribution in [3.8, 4) is 11.3 Å². The smallest absolute Gasteiger partial charge is 0.261 e. The van der Waals surface area contributed by atoms with Crippen LogP contribution in [0.15, 0.2) is 35.1 Å². The van der Waals surface area contributed by atoms with Crippen molar-refractivity contribution in [2.24, 2.45) is 5.73 Å². The molecular formula is C17H18N2OS. The summed E-state index contributed by atoms with van der Waals surface area (Å²) in [5.41, 5.74) is 10.5. The highest BCUT2D eigenvalue weighted by Gasteiger charge is 2.28. The van der Waals surface area contributed by atoms with E-state index in [9.17, 15) is 4.79 Å². The monoisotopic (exact) mass is 298 g/mol. The molecule has 1 aliphatic rings. The number of thiocarbonyl (C=S) groups is 1. The van der Waals surface area contributed by atoms with Gasteiger partial charge in [-0.05, 0) is 44.4 Å². The summed E-state index contributed by atoms with van der Waals surface area (Å²) in [7, 11) is 0. The number of nitrogens with zero attached hydrogens (tertiary/aromatic N) is 1. The quantitative estimate of drug-likeness (QED) is 0.886. The highest BCUT2D eigenvalue weighted by molar-refractivity contribution is 7.80. The van der Waals surface area contributed by atoms with Crippen LogP contribution >= 0.6 is 12.2 Å². The molecule has 0 atom stereocenters. The van der Waals surface area contributed by atoms with E-state index in [0.717, 1.165) is 24.1 Å². The molecule has 1 heterocycles. The molecule has 0 bridgehead atoms. The minimum atomic E-state index is -0.0672. The van der Waals surface area contributed by atoms with Gasteiger partial charge in [-0.1, -0.05) is 36.0 Å². The third kappa shape index (κ3) is 2.51. The summed E-state index contributed by atoms with van der Waals surface area (Å²) in [6.45, 7) is 4.15. The standard InChI is InChI=1S/C17H18N2OS/c1-10-3-6-13(11(2)9-10)15-8-7-14(16(18)21)17(20)19(15)12-4-5-12/h3,6-9,12H,4-5H2,1-2H3,(H2,18,21). The lowest BCUT2D eigenvalue weighted by Crippen LogP contribution is -2.29. The zero-order valence-electron chi connectivity index (χ0n) is 12.2. The molecule has 2 aromatic rings. The highest BCUT2D eigenvalue weighted by atomic mass is 32.1. The van der Waals surface area contributed by atoms with Gasteiger partial charge in [0.1, 0.15) is 4.99 Å². The van der Waals surface area contributed by atoms with Crippen LogP contribution in [0.5, 0.6) is 0 Å². The van der Waals surface area contributed by atoms with E-state index in [2.05, 4.69) is 32.0 Å². The summed E-state index contributed by atoms with van der Waals surface area (Å²) in [5.74, 6) is 0. The van der Waals surface area contributed by atoms with E-state index in [1.807, 2.05) is 10.6 Å². The van der Waals surface area contributed by atoms with E-state index in [0.29, 0.717) is 5.56 Å². The lowest BCUT2D eigenvalue weighted by molar-refractivity contribution is 0.714. The predicted molar refractivity (Wildman–Crippen MR) is 89.8 cm³/mol. The SMILES string of the molecule is Cc1ccc(-c2ccc(C(N)=S)c(=O)n2C2CC2)c(C)c1. The van der Waals surface area contributed by atoms with E-state index in [4.69, 9.17) is 18.0 Å². The fourth-order valence-corrected chi connectivity index (χ4v) is 2.91. The predicted octanol–water partition coefficient (Wildman–Crippen LogP) is 3.10. The van der Waals surface area contributed by atoms with Crippen molar-refractivity contribution in [1.29, 1.82) is 0 Å². The molecule has 1 aromatic carbocycles. The first-order valence-electron chi connectivity index (χ1n) is 7.12. The Balaban J connectivity index is 2.25. The van der Waals surface area contributed by atoms with Crippen LogP contribution in [0, 0.1) is 13.8 Å². The van der Waals surface area contributed by atoms with Crippen LogP contribution in [-0.4, -0.2) is 9.56 Å². The Morgan fingerprint density at radius 2 is 1.95 bits per heavy atom. The fraction of sp³-hybridized carbons (Fsp3) is 0.294. The average Bonchev–Trinajstić information content (AvgIpc) is 3.22. The molecule has 2 N–H and O–H groups in total. The zero-order chi connectivity index (χ0) is 15.1. The highest BCUT2D eigenvalue weighted by Crippen LogP contribution is 2.37. The molecule has 3 nitrogen and oxygen atoms in total. The molecule has 1 fully saturated rings. The number of pyridine rings is 1. The maximum atomic E-state index is 12.7. The van der Waals surface area contributed by atoms with Crippen molar-refractivity contribution in [3.63, 3.8) is 0 Å². The van der Waals surface area contributed by atoms with Gasteiger partial charge < -0.3 is 10.3 Å². The average molecular weight is 298 g/mol. The topological polar surface area (TPSA) is 48.0 Å². The summed E-state index contributed by atoms with van der Waals surface area (Å²) in [6.07, 6.45) is 2.08. The second kappa shape index (κ2) is 5.11. The first-order valence-corrected chi connectivity index (χ1v) is 7.53. The van der Waals surface area contributed by atoms with Gasteiger partial charge in [0, 0.05) is 11.6 Å². The van der Waals surface area contributed by atoms with Crippen LogP contribution in [-0.2, 0) is 0 Å². The summed E-state index contributed by atoms with van der Waals surface area (Å²) in [5, 5.41) is 0. The van der Waals surface area contributed by atoms with E-state index >= 15 is 0 Å². The van der Waals surface area contributed by atoms with Crippen LogP contribution < -0.4 is 11.3 Å². The van der Waals surface area contributed by atoms with Crippen LogP contribution in [0.4, 0.5) is 0 Å². The first-order chi connectivity index (χ1) is 9.99. The van der Waals surface area contributed by atoms with Gasteiger partial charge in [-0.2, -0.15) is 0 Å². The van der Waals surface area contributed by atoms with Crippen molar-refractivity contribution >= 4 is 17.2 Å². The number of nitrogens with two attached hydrogens (primary N) is 1.